The average Bonchev–Trinajstić information content (AvgIpc) is 1.88. The summed E-state index contributed by atoms with van der Waals surface area (Å²) in [6.45, 7) is 3.91. The summed E-state index contributed by atoms with van der Waals surface area (Å²) in [5.41, 5.74) is 1.38. The van der Waals surface area contributed by atoms with Crippen LogP contribution in [0.25, 0.3) is 0 Å². The molecule has 0 aliphatic rings. The van der Waals surface area contributed by atoms with Gasteiger partial charge in [0.05, 0.1) is 0 Å². The summed E-state index contributed by atoms with van der Waals surface area (Å²) in [6.07, 6.45) is 1.06. The highest BCUT2D eigenvalue weighted by Crippen LogP contribution is 2.02. The normalized spacial score (nSPS) is 9.60. The van der Waals surface area contributed by atoms with Gasteiger partial charge < -0.3 is 0 Å². The van der Waals surface area contributed by atoms with Gasteiger partial charge in [0.25, 0.3) is 0 Å². The van der Waals surface area contributed by atoms with Gasteiger partial charge in [-0.25, -0.2) is 0 Å². The van der Waals surface area contributed by atoms with E-state index in [1.807, 2.05) is 6.07 Å². The van der Waals surface area contributed by atoms with Crippen LogP contribution >= 0.6 is 0 Å². The minimum atomic E-state index is 1.06. The van der Waals surface area contributed by atoms with Gasteiger partial charge in [-0.1, -0.05) is 35.5 Å². The molecule has 0 aromatic heterocycles. The lowest BCUT2D eigenvalue weighted by Gasteiger charge is -1.97. The van der Waals surface area contributed by atoms with Crippen molar-refractivity contribution in [1.82, 2.24) is 0 Å². The molecule has 0 fully saturated rings. The minimum Gasteiger partial charge on any atom is -0.104 e. The van der Waals surface area contributed by atoms with E-state index >= 15 is 0 Å². The van der Waals surface area contributed by atoms with E-state index in [1.165, 1.54) is 10.8 Å². The number of benzene rings is 1. The Hall–Kier alpha value is -0.823. The fourth-order valence-corrected chi connectivity index (χ4v) is 1.35. The average molecular weight is 148 g/mol. The molecule has 0 atom stereocenters. The summed E-state index contributed by atoms with van der Waals surface area (Å²) in [5.74, 6) is 0. The third-order valence-electron chi connectivity index (χ3n) is 1.35. The Bertz CT molecular complexity index is 213. The Morgan fingerprint density at radius 1 is 1.30 bits per heavy atom. The third kappa shape index (κ3) is 2.19. The predicted octanol–water partition coefficient (Wildman–Crippen LogP) is 1.11. The predicted molar refractivity (Wildman–Crippen MR) is 49.2 cm³/mol. The van der Waals surface area contributed by atoms with Crippen molar-refractivity contribution >= 4 is 10.2 Å². The smallest absolute Gasteiger partial charge is 0.0329 e. The number of hydrogen-bond donors (Lipinski definition) is 0. The summed E-state index contributed by atoms with van der Waals surface area (Å²) < 4.78 is 0. The fraction of sp³-hybridized carbons (Fsp3) is 0.111. The fourth-order valence-electron chi connectivity index (χ4n) is 0.944. The van der Waals surface area contributed by atoms with Crippen LogP contribution in [0, 0.1) is 0 Å². The van der Waals surface area contributed by atoms with E-state index in [0.717, 1.165) is 16.7 Å². The molecule has 0 N–H and O–H groups in total. The van der Waals surface area contributed by atoms with E-state index in [-0.39, 0.29) is 0 Å². The molecule has 0 radical (unpaired) electrons. The van der Waals surface area contributed by atoms with Crippen molar-refractivity contribution in [2.45, 2.75) is 6.42 Å². The molecule has 0 nitrogen and oxygen atoms in total. The van der Waals surface area contributed by atoms with Crippen LogP contribution < -0.4 is 0 Å². The molecule has 0 bridgehead atoms. The maximum atomic E-state index is 3.91. The molecule has 0 amide bonds. The van der Waals surface area contributed by atoms with Crippen LogP contribution in [0.15, 0.2) is 42.1 Å². The largest absolute Gasteiger partial charge is 0.104 e. The zero-order valence-corrected chi connectivity index (χ0v) is 8.30. The molecule has 1 heteroatoms. The Balaban J connectivity index is 2.67. The summed E-state index contributed by atoms with van der Waals surface area (Å²) in [4.78, 5) is 0. The molecule has 52 valence electrons. The second-order valence-corrected chi connectivity index (χ2v) is 4.03. The van der Waals surface area contributed by atoms with Gasteiger partial charge in [-0.3, -0.25) is 0 Å². The number of hydrogen-bond acceptors (Lipinski definition) is 0. The van der Waals surface area contributed by atoms with Gasteiger partial charge in [0.1, 0.15) is 0 Å². The Morgan fingerprint density at radius 3 is 2.40 bits per heavy atom. The standard InChI is InChI=1S/C9H12Si/c1-8(10)7-9-5-3-2-4-6-9/h2-6H,1,7H2,10H3. The Labute approximate surface area is 65.0 Å². The molecule has 1 rings (SSSR count). The first-order chi connectivity index (χ1) is 4.79. The van der Waals surface area contributed by atoms with Crippen molar-refractivity contribution in [2.24, 2.45) is 0 Å². The molecule has 0 unspecified atom stereocenters. The van der Waals surface area contributed by atoms with Crippen LogP contribution in [0.5, 0.6) is 0 Å². The van der Waals surface area contributed by atoms with Crippen molar-refractivity contribution < 1.29 is 0 Å². The van der Waals surface area contributed by atoms with E-state index in [1.54, 1.807) is 0 Å². The molecule has 10 heavy (non-hydrogen) atoms. The van der Waals surface area contributed by atoms with E-state index in [9.17, 15) is 0 Å². The van der Waals surface area contributed by atoms with Crippen LogP contribution in [0.4, 0.5) is 0 Å². The number of allylic oxidation sites excluding steroid dienone is 1. The molecule has 1 aromatic rings. The monoisotopic (exact) mass is 148 g/mol. The first-order valence-electron chi connectivity index (χ1n) is 3.47. The van der Waals surface area contributed by atoms with E-state index in [4.69, 9.17) is 0 Å². The third-order valence-corrected chi connectivity index (χ3v) is 1.70. The van der Waals surface area contributed by atoms with Gasteiger partial charge in [-0.2, -0.15) is 0 Å². The molecular weight excluding hydrogens is 136 g/mol. The first kappa shape index (κ1) is 7.29. The lowest BCUT2D eigenvalue weighted by molar-refractivity contribution is 1.25. The van der Waals surface area contributed by atoms with Gasteiger partial charge in [-0.15, -0.1) is 6.58 Å². The van der Waals surface area contributed by atoms with Crippen molar-refractivity contribution in [3.63, 3.8) is 0 Å². The van der Waals surface area contributed by atoms with Gasteiger partial charge >= 0.3 is 0 Å². The molecule has 1 aromatic carbocycles. The first-order valence-corrected chi connectivity index (χ1v) is 4.47. The number of rotatable bonds is 2. The van der Waals surface area contributed by atoms with Crippen LogP contribution in [-0.2, 0) is 6.42 Å². The topological polar surface area (TPSA) is 0 Å². The van der Waals surface area contributed by atoms with Crippen molar-refractivity contribution in [1.29, 1.82) is 0 Å². The van der Waals surface area contributed by atoms with Crippen molar-refractivity contribution in [3.8, 4) is 0 Å². The van der Waals surface area contributed by atoms with Crippen LogP contribution in [0.3, 0.4) is 0 Å². The summed E-state index contributed by atoms with van der Waals surface area (Å²) in [6, 6.07) is 10.5. The van der Waals surface area contributed by atoms with Crippen LogP contribution in [0.1, 0.15) is 5.56 Å². The highest BCUT2D eigenvalue weighted by molar-refractivity contribution is 6.21. The molecule has 0 aliphatic heterocycles. The van der Waals surface area contributed by atoms with Crippen molar-refractivity contribution in [3.05, 3.63) is 47.7 Å². The van der Waals surface area contributed by atoms with Crippen LogP contribution in [0.2, 0.25) is 0 Å². The molecule has 0 heterocycles. The van der Waals surface area contributed by atoms with E-state index in [0.29, 0.717) is 0 Å². The maximum absolute atomic E-state index is 3.91. The van der Waals surface area contributed by atoms with Crippen LogP contribution in [-0.4, -0.2) is 10.2 Å². The molecular formula is C9H12Si. The van der Waals surface area contributed by atoms with Gasteiger partial charge in [0.2, 0.25) is 0 Å². The molecule has 0 spiro atoms. The zero-order chi connectivity index (χ0) is 7.40. The highest BCUT2D eigenvalue weighted by atomic mass is 28.1. The van der Waals surface area contributed by atoms with E-state index < -0.39 is 0 Å². The summed E-state index contributed by atoms with van der Waals surface area (Å²) >= 11 is 0. The second-order valence-electron chi connectivity index (χ2n) is 2.62. The Morgan fingerprint density at radius 2 is 1.90 bits per heavy atom. The molecule has 0 aliphatic carbocycles. The quantitative estimate of drug-likeness (QED) is 0.551. The lowest BCUT2D eigenvalue weighted by Crippen LogP contribution is -1.86. The zero-order valence-electron chi connectivity index (χ0n) is 6.30. The maximum Gasteiger partial charge on any atom is 0.0329 e. The molecule has 0 saturated heterocycles. The minimum absolute atomic E-state index is 1.06. The SMILES string of the molecule is C=C([SiH3])Cc1ccccc1. The summed E-state index contributed by atoms with van der Waals surface area (Å²) in [5, 5.41) is 1.35. The molecule has 0 saturated carbocycles. The van der Waals surface area contributed by atoms with Crippen molar-refractivity contribution in [2.75, 3.05) is 0 Å². The van der Waals surface area contributed by atoms with Gasteiger partial charge in [0, 0.05) is 10.2 Å². The van der Waals surface area contributed by atoms with E-state index in [2.05, 4.69) is 30.8 Å². The van der Waals surface area contributed by atoms with Gasteiger partial charge in [-0.05, 0) is 12.0 Å². The van der Waals surface area contributed by atoms with Gasteiger partial charge in [0.15, 0.2) is 0 Å². The Kier molecular flexibility index (Phi) is 2.46. The lowest BCUT2D eigenvalue weighted by atomic mass is 10.1. The second kappa shape index (κ2) is 3.37. The summed E-state index contributed by atoms with van der Waals surface area (Å²) in [7, 11) is 1.11. The highest BCUT2D eigenvalue weighted by Gasteiger charge is 1.88.